The van der Waals surface area contributed by atoms with Crippen LogP contribution >= 0.6 is 27.5 Å². The van der Waals surface area contributed by atoms with Crippen molar-refractivity contribution in [3.63, 3.8) is 0 Å². The molecule has 2 rings (SSSR count). The van der Waals surface area contributed by atoms with Crippen LogP contribution in [0.25, 0.3) is 0 Å². The minimum atomic E-state index is 0.477. The third-order valence-corrected chi connectivity index (χ3v) is 3.37. The molecule has 1 atom stereocenters. The molecule has 4 heteroatoms. The van der Waals surface area contributed by atoms with Gasteiger partial charge in [-0.15, -0.1) is 0 Å². The molecule has 82 valence electrons. The second-order valence-electron chi connectivity index (χ2n) is 3.68. The minimum Gasteiger partial charge on any atom is -0.380 e. The van der Waals surface area contributed by atoms with Crippen molar-refractivity contribution in [1.82, 2.24) is 5.32 Å². The van der Waals surface area contributed by atoms with Gasteiger partial charge in [-0.1, -0.05) is 33.6 Å². The van der Waals surface area contributed by atoms with E-state index >= 15 is 0 Å². The molecule has 0 bridgehead atoms. The molecule has 1 unspecified atom stereocenters. The zero-order valence-electron chi connectivity index (χ0n) is 8.30. The van der Waals surface area contributed by atoms with Crippen LogP contribution in [0.5, 0.6) is 0 Å². The van der Waals surface area contributed by atoms with Gasteiger partial charge >= 0.3 is 0 Å². The van der Waals surface area contributed by atoms with Gasteiger partial charge in [-0.25, -0.2) is 0 Å². The van der Waals surface area contributed by atoms with E-state index in [0.717, 1.165) is 41.2 Å². The van der Waals surface area contributed by atoms with Crippen molar-refractivity contribution in [2.24, 2.45) is 0 Å². The third kappa shape index (κ3) is 3.18. The molecule has 1 aliphatic rings. The molecule has 1 heterocycles. The Morgan fingerprint density at radius 3 is 3.07 bits per heavy atom. The SMILES string of the molecule is Clc1cc(Br)ccc1CNC1CCOC1. The molecule has 1 saturated heterocycles. The molecule has 0 amide bonds. The molecular formula is C11H13BrClNO. The molecule has 0 saturated carbocycles. The molecule has 1 fully saturated rings. The lowest BCUT2D eigenvalue weighted by Gasteiger charge is -2.11. The average Bonchev–Trinajstić information content (AvgIpc) is 2.69. The summed E-state index contributed by atoms with van der Waals surface area (Å²) in [7, 11) is 0. The quantitative estimate of drug-likeness (QED) is 0.924. The minimum absolute atomic E-state index is 0.477. The van der Waals surface area contributed by atoms with Gasteiger partial charge in [0.2, 0.25) is 0 Å². The van der Waals surface area contributed by atoms with Crippen LogP contribution in [0.1, 0.15) is 12.0 Å². The van der Waals surface area contributed by atoms with E-state index in [-0.39, 0.29) is 0 Å². The molecule has 0 aromatic heterocycles. The van der Waals surface area contributed by atoms with E-state index in [2.05, 4.69) is 21.2 Å². The fraction of sp³-hybridized carbons (Fsp3) is 0.455. The van der Waals surface area contributed by atoms with Gasteiger partial charge < -0.3 is 10.1 Å². The number of ether oxygens (including phenoxy) is 1. The maximum Gasteiger partial charge on any atom is 0.0620 e. The Hall–Kier alpha value is -0.0900. The maximum atomic E-state index is 6.11. The van der Waals surface area contributed by atoms with Crippen molar-refractivity contribution < 1.29 is 4.74 Å². The zero-order valence-corrected chi connectivity index (χ0v) is 10.6. The second kappa shape index (κ2) is 5.30. The predicted octanol–water partition coefficient (Wildman–Crippen LogP) is 2.98. The number of hydrogen-bond donors (Lipinski definition) is 1. The van der Waals surface area contributed by atoms with E-state index < -0.39 is 0 Å². The normalized spacial score (nSPS) is 20.8. The number of nitrogens with one attached hydrogen (secondary N) is 1. The van der Waals surface area contributed by atoms with Gasteiger partial charge in [0.15, 0.2) is 0 Å². The fourth-order valence-electron chi connectivity index (χ4n) is 1.61. The summed E-state index contributed by atoms with van der Waals surface area (Å²) in [4.78, 5) is 0. The van der Waals surface area contributed by atoms with E-state index in [1.165, 1.54) is 0 Å². The van der Waals surface area contributed by atoms with Crippen LogP contribution in [0.3, 0.4) is 0 Å². The molecular weight excluding hydrogens is 277 g/mol. The fourth-order valence-corrected chi connectivity index (χ4v) is 2.36. The lowest BCUT2D eigenvalue weighted by molar-refractivity contribution is 0.190. The Morgan fingerprint density at radius 1 is 1.53 bits per heavy atom. The molecule has 0 aliphatic carbocycles. The molecule has 1 aromatic carbocycles. The molecule has 0 spiro atoms. The van der Waals surface area contributed by atoms with Crippen molar-refractivity contribution in [3.05, 3.63) is 33.3 Å². The highest BCUT2D eigenvalue weighted by Gasteiger charge is 2.14. The molecule has 1 aliphatic heterocycles. The maximum absolute atomic E-state index is 6.11. The summed E-state index contributed by atoms with van der Waals surface area (Å²) >= 11 is 9.50. The van der Waals surface area contributed by atoms with E-state index in [4.69, 9.17) is 16.3 Å². The summed E-state index contributed by atoms with van der Waals surface area (Å²) in [5, 5.41) is 4.24. The highest BCUT2D eigenvalue weighted by atomic mass is 79.9. The summed E-state index contributed by atoms with van der Waals surface area (Å²) in [6.07, 6.45) is 1.09. The summed E-state index contributed by atoms with van der Waals surface area (Å²) in [5.41, 5.74) is 1.13. The topological polar surface area (TPSA) is 21.3 Å². The Bertz CT molecular complexity index is 339. The number of benzene rings is 1. The van der Waals surface area contributed by atoms with Crippen molar-refractivity contribution in [1.29, 1.82) is 0 Å². The van der Waals surface area contributed by atoms with Crippen molar-refractivity contribution in [2.45, 2.75) is 19.0 Å². The van der Waals surface area contributed by atoms with Gasteiger partial charge in [0, 0.05) is 28.7 Å². The molecule has 1 N–H and O–H groups in total. The first-order valence-corrected chi connectivity index (χ1v) is 6.18. The van der Waals surface area contributed by atoms with Crippen molar-refractivity contribution in [2.75, 3.05) is 13.2 Å². The second-order valence-corrected chi connectivity index (χ2v) is 5.00. The Balaban J connectivity index is 1.92. The summed E-state index contributed by atoms with van der Waals surface area (Å²) < 4.78 is 6.31. The number of halogens is 2. The van der Waals surface area contributed by atoms with E-state index in [1.807, 2.05) is 18.2 Å². The first kappa shape index (κ1) is 11.4. The van der Waals surface area contributed by atoms with Crippen molar-refractivity contribution in [3.8, 4) is 0 Å². The summed E-state index contributed by atoms with van der Waals surface area (Å²) in [6.45, 7) is 2.49. The van der Waals surface area contributed by atoms with Crippen LogP contribution in [0, 0.1) is 0 Å². The largest absolute Gasteiger partial charge is 0.380 e. The first-order valence-electron chi connectivity index (χ1n) is 5.01. The standard InChI is InChI=1S/C11H13BrClNO/c12-9-2-1-8(11(13)5-9)6-14-10-3-4-15-7-10/h1-2,5,10,14H,3-4,6-7H2. The molecule has 1 aromatic rings. The monoisotopic (exact) mass is 289 g/mol. The highest BCUT2D eigenvalue weighted by Crippen LogP contribution is 2.21. The predicted molar refractivity (Wildman–Crippen MR) is 65.2 cm³/mol. The molecule has 0 radical (unpaired) electrons. The smallest absolute Gasteiger partial charge is 0.0620 e. The van der Waals surface area contributed by atoms with E-state index in [9.17, 15) is 0 Å². The van der Waals surface area contributed by atoms with Crippen LogP contribution in [0.2, 0.25) is 5.02 Å². The van der Waals surface area contributed by atoms with E-state index in [1.54, 1.807) is 0 Å². The van der Waals surface area contributed by atoms with Crippen LogP contribution in [-0.2, 0) is 11.3 Å². The Kier molecular flexibility index (Phi) is 4.03. The lowest BCUT2D eigenvalue weighted by Crippen LogP contribution is -2.28. The van der Waals surface area contributed by atoms with Gasteiger partial charge in [0.1, 0.15) is 0 Å². The van der Waals surface area contributed by atoms with Gasteiger partial charge in [0.25, 0.3) is 0 Å². The van der Waals surface area contributed by atoms with Gasteiger partial charge in [-0.2, -0.15) is 0 Å². The Labute approximate surface area is 103 Å². The van der Waals surface area contributed by atoms with Crippen LogP contribution in [-0.4, -0.2) is 19.3 Å². The van der Waals surface area contributed by atoms with Crippen LogP contribution in [0.15, 0.2) is 22.7 Å². The third-order valence-electron chi connectivity index (χ3n) is 2.53. The molecule has 2 nitrogen and oxygen atoms in total. The zero-order chi connectivity index (χ0) is 10.7. The van der Waals surface area contributed by atoms with Gasteiger partial charge in [-0.3, -0.25) is 0 Å². The van der Waals surface area contributed by atoms with Crippen LogP contribution in [0.4, 0.5) is 0 Å². The first-order chi connectivity index (χ1) is 7.25. The lowest BCUT2D eigenvalue weighted by atomic mass is 10.2. The average molecular weight is 291 g/mol. The number of rotatable bonds is 3. The summed E-state index contributed by atoms with van der Waals surface area (Å²) in [6, 6.07) is 6.44. The van der Waals surface area contributed by atoms with Crippen molar-refractivity contribution >= 4 is 27.5 Å². The Morgan fingerprint density at radius 2 is 2.40 bits per heavy atom. The summed E-state index contributed by atoms with van der Waals surface area (Å²) in [5.74, 6) is 0. The van der Waals surface area contributed by atoms with E-state index in [0.29, 0.717) is 6.04 Å². The number of hydrogen-bond acceptors (Lipinski definition) is 2. The highest BCUT2D eigenvalue weighted by molar-refractivity contribution is 9.10. The van der Waals surface area contributed by atoms with Crippen LogP contribution < -0.4 is 5.32 Å². The molecule has 15 heavy (non-hydrogen) atoms. The van der Waals surface area contributed by atoms with Gasteiger partial charge in [0.05, 0.1) is 6.61 Å². The van der Waals surface area contributed by atoms with Gasteiger partial charge in [-0.05, 0) is 24.1 Å².